The van der Waals surface area contributed by atoms with E-state index in [1.54, 1.807) is 14.2 Å². The van der Waals surface area contributed by atoms with E-state index in [4.69, 9.17) is 14.2 Å². The lowest BCUT2D eigenvalue weighted by atomic mass is 10.0. The molecular weight excluding hydrogens is 320 g/mol. The third-order valence-corrected chi connectivity index (χ3v) is 5.28. The minimum atomic E-state index is -0.124. The minimum absolute atomic E-state index is 0.0426. The smallest absolute Gasteiger partial charge is 0.240 e. The quantitative estimate of drug-likeness (QED) is 0.816. The van der Waals surface area contributed by atoms with Crippen molar-refractivity contribution in [3.05, 3.63) is 23.8 Å². The lowest BCUT2D eigenvalue weighted by Crippen LogP contribution is -2.50. The van der Waals surface area contributed by atoms with Crippen molar-refractivity contribution in [1.82, 2.24) is 9.80 Å². The summed E-state index contributed by atoms with van der Waals surface area (Å²) in [5.41, 5.74) is 1.03. The highest BCUT2D eigenvalue weighted by Crippen LogP contribution is 2.39. The van der Waals surface area contributed by atoms with Crippen LogP contribution in [-0.4, -0.2) is 68.8 Å². The molecule has 1 aromatic carbocycles. The first-order chi connectivity index (χ1) is 12.2. The summed E-state index contributed by atoms with van der Waals surface area (Å²) in [6.45, 7) is 5.82. The van der Waals surface area contributed by atoms with Crippen molar-refractivity contribution in [3.63, 3.8) is 0 Å². The second-order valence-corrected chi connectivity index (χ2v) is 6.62. The normalized spacial score (nSPS) is 22.7. The van der Waals surface area contributed by atoms with E-state index in [9.17, 15) is 4.79 Å². The fourth-order valence-corrected chi connectivity index (χ4v) is 3.81. The first kappa shape index (κ1) is 18.0. The zero-order valence-corrected chi connectivity index (χ0v) is 15.4. The molecule has 0 aliphatic carbocycles. The van der Waals surface area contributed by atoms with Crippen molar-refractivity contribution in [2.45, 2.75) is 31.8 Å². The lowest BCUT2D eigenvalue weighted by Gasteiger charge is -2.35. The molecule has 2 fully saturated rings. The summed E-state index contributed by atoms with van der Waals surface area (Å²) >= 11 is 0. The number of hydrogen-bond donors (Lipinski definition) is 0. The molecule has 0 unspecified atom stereocenters. The summed E-state index contributed by atoms with van der Waals surface area (Å²) in [6, 6.07) is 5.72. The van der Waals surface area contributed by atoms with Crippen LogP contribution in [-0.2, 0) is 9.53 Å². The number of carbonyl (C=O) groups excluding carboxylic acids is 1. The highest BCUT2D eigenvalue weighted by atomic mass is 16.5. The molecule has 0 aromatic heterocycles. The average molecular weight is 348 g/mol. The molecule has 0 saturated carbocycles. The summed E-state index contributed by atoms with van der Waals surface area (Å²) in [7, 11) is 3.33. The fraction of sp³-hybridized carbons (Fsp3) is 0.632. The number of morpholine rings is 1. The van der Waals surface area contributed by atoms with Gasteiger partial charge in [0.15, 0.2) is 0 Å². The number of methoxy groups -OCH3 is 2. The standard InChI is InChI=1S/C19H28N2O4/c1-14(20-9-11-25-12-10-20)19(22)21-8-4-5-17(21)16-13-15(23-2)6-7-18(16)24-3/h6-7,13-14,17H,4-5,8-12H2,1-3H3/t14-,17+/m0/s1. The molecule has 1 amide bonds. The number of likely N-dealkylation sites (tertiary alicyclic amines) is 1. The molecule has 6 nitrogen and oxygen atoms in total. The Balaban J connectivity index is 1.81. The molecule has 1 aromatic rings. The minimum Gasteiger partial charge on any atom is -0.497 e. The van der Waals surface area contributed by atoms with Gasteiger partial charge < -0.3 is 19.1 Å². The molecule has 2 saturated heterocycles. The number of amides is 1. The van der Waals surface area contributed by atoms with Crippen LogP contribution < -0.4 is 9.47 Å². The highest BCUT2D eigenvalue weighted by Gasteiger charge is 2.36. The first-order valence-electron chi connectivity index (χ1n) is 9.00. The second-order valence-electron chi connectivity index (χ2n) is 6.62. The SMILES string of the molecule is COc1ccc(OC)c([C@H]2CCCN2C(=O)[C@H](C)N2CCOCC2)c1. The number of nitrogens with zero attached hydrogens (tertiary/aromatic N) is 2. The van der Waals surface area contributed by atoms with Crippen LogP contribution in [0.1, 0.15) is 31.4 Å². The molecule has 0 N–H and O–H groups in total. The number of ether oxygens (including phenoxy) is 3. The van der Waals surface area contributed by atoms with Gasteiger partial charge in [0.25, 0.3) is 0 Å². The van der Waals surface area contributed by atoms with E-state index in [2.05, 4.69) is 4.90 Å². The zero-order chi connectivity index (χ0) is 17.8. The lowest BCUT2D eigenvalue weighted by molar-refractivity contribution is -0.139. The maximum Gasteiger partial charge on any atom is 0.240 e. The second kappa shape index (κ2) is 8.06. The first-order valence-corrected chi connectivity index (χ1v) is 9.00. The fourth-order valence-electron chi connectivity index (χ4n) is 3.81. The predicted molar refractivity (Wildman–Crippen MR) is 95.1 cm³/mol. The Morgan fingerprint density at radius 2 is 1.96 bits per heavy atom. The molecular formula is C19H28N2O4. The van der Waals surface area contributed by atoms with Gasteiger partial charge in [-0.3, -0.25) is 9.69 Å². The van der Waals surface area contributed by atoms with Gasteiger partial charge in [0.2, 0.25) is 5.91 Å². The van der Waals surface area contributed by atoms with Crippen molar-refractivity contribution in [1.29, 1.82) is 0 Å². The Labute approximate surface area is 149 Å². The Morgan fingerprint density at radius 1 is 1.20 bits per heavy atom. The monoisotopic (exact) mass is 348 g/mol. The number of benzene rings is 1. The predicted octanol–water partition coefficient (Wildman–Crippen LogP) is 2.09. The molecule has 138 valence electrons. The van der Waals surface area contributed by atoms with E-state index in [0.29, 0.717) is 13.2 Å². The highest BCUT2D eigenvalue weighted by molar-refractivity contribution is 5.82. The number of carbonyl (C=O) groups is 1. The van der Waals surface area contributed by atoms with Gasteiger partial charge in [-0.05, 0) is 38.0 Å². The van der Waals surface area contributed by atoms with Gasteiger partial charge in [-0.15, -0.1) is 0 Å². The van der Waals surface area contributed by atoms with Crippen molar-refractivity contribution in [2.75, 3.05) is 47.1 Å². The van der Waals surface area contributed by atoms with Crippen LogP contribution in [0.4, 0.5) is 0 Å². The molecule has 2 aliphatic rings. The van der Waals surface area contributed by atoms with E-state index in [0.717, 1.165) is 49.5 Å². The van der Waals surface area contributed by atoms with E-state index in [1.165, 1.54) is 0 Å². The molecule has 25 heavy (non-hydrogen) atoms. The third kappa shape index (κ3) is 3.75. The van der Waals surface area contributed by atoms with Crippen LogP contribution in [0.15, 0.2) is 18.2 Å². The molecule has 0 radical (unpaired) electrons. The summed E-state index contributed by atoms with van der Waals surface area (Å²) in [4.78, 5) is 17.4. The largest absolute Gasteiger partial charge is 0.497 e. The van der Waals surface area contributed by atoms with Gasteiger partial charge in [0.1, 0.15) is 11.5 Å². The van der Waals surface area contributed by atoms with E-state index < -0.39 is 0 Å². The van der Waals surface area contributed by atoms with Gasteiger partial charge in [0, 0.05) is 25.2 Å². The average Bonchev–Trinajstić information content (AvgIpc) is 3.16. The summed E-state index contributed by atoms with van der Waals surface area (Å²) in [5.74, 6) is 1.79. The Kier molecular flexibility index (Phi) is 5.81. The molecule has 0 bridgehead atoms. The summed E-state index contributed by atoms with van der Waals surface area (Å²) in [6.07, 6.45) is 1.96. The third-order valence-electron chi connectivity index (χ3n) is 5.28. The van der Waals surface area contributed by atoms with Gasteiger partial charge in [-0.25, -0.2) is 0 Å². The van der Waals surface area contributed by atoms with Gasteiger partial charge in [-0.2, -0.15) is 0 Å². The maximum atomic E-state index is 13.2. The van der Waals surface area contributed by atoms with Crippen molar-refractivity contribution in [3.8, 4) is 11.5 Å². The molecule has 2 atom stereocenters. The number of rotatable bonds is 5. The van der Waals surface area contributed by atoms with E-state index >= 15 is 0 Å². The Bertz CT molecular complexity index is 601. The van der Waals surface area contributed by atoms with Crippen LogP contribution in [0.2, 0.25) is 0 Å². The number of hydrogen-bond acceptors (Lipinski definition) is 5. The molecule has 3 rings (SSSR count). The molecule has 2 heterocycles. The summed E-state index contributed by atoms with van der Waals surface area (Å²) < 4.78 is 16.3. The molecule has 2 aliphatic heterocycles. The molecule has 0 spiro atoms. The Morgan fingerprint density at radius 3 is 2.64 bits per heavy atom. The maximum absolute atomic E-state index is 13.2. The van der Waals surface area contributed by atoms with Crippen LogP contribution in [0.25, 0.3) is 0 Å². The molecule has 6 heteroatoms. The van der Waals surface area contributed by atoms with E-state index in [1.807, 2.05) is 30.0 Å². The topological polar surface area (TPSA) is 51.2 Å². The van der Waals surface area contributed by atoms with Crippen LogP contribution in [0.3, 0.4) is 0 Å². The van der Waals surface area contributed by atoms with Crippen molar-refractivity contribution in [2.24, 2.45) is 0 Å². The van der Waals surface area contributed by atoms with Gasteiger partial charge in [-0.1, -0.05) is 0 Å². The van der Waals surface area contributed by atoms with Gasteiger partial charge >= 0.3 is 0 Å². The van der Waals surface area contributed by atoms with Crippen molar-refractivity contribution < 1.29 is 19.0 Å². The van der Waals surface area contributed by atoms with Crippen LogP contribution >= 0.6 is 0 Å². The van der Waals surface area contributed by atoms with E-state index in [-0.39, 0.29) is 18.0 Å². The zero-order valence-electron chi connectivity index (χ0n) is 15.4. The van der Waals surface area contributed by atoms with Crippen LogP contribution in [0, 0.1) is 0 Å². The Hall–Kier alpha value is -1.79. The van der Waals surface area contributed by atoms with Gasteiger partial charge in [0.05, 0.1) is 39.5 Å². The van der Waals surface area contributed by atoms with Crippen molar-refractivity contribution >= 4 is 5.91 Å². The van der Waals surface area contributed by atoms with Crippen LogP contribution in [0.5, 0.6) is 11.5 Å². The summed E-state index contributed by atoms with van der Waals surface area (Å²) in [5, 5.41) is 0.